The first-order valence-corrected chi connectivity index (χ1v) is 9.59. The Balaban J connectivity index is 1.63. The molecule has 1 aliphatic heterocycles. The van der Waals surface area contributed by atoms with Gasteiger partial charge in [-0.3, -0.25) is 9.59 Å². The van der Waals surface area contributed by atoms with Crippen molar-refractivity contribution >= 4 is 50.8 Å². The van der Waals surface area contributed by atoms with Crippen LogP contribution in [0.5, 0.6) is 0 Å². The summed E-state index contributed by atoms with van der Waals surface area (Å²) in [6, 6.07) is 12.1. The summed E-state index contributed by atoms with van der Waals surface area (Å²) >= 11 is 2.50. The molecule has 4 nitrogen and oxygen atoms in total. The van der Waals surface area contributed by atoms with Crippen molar-refractivity contribution < 1.29 is 22.8 Å². The molecule has 0 bridgehead atoms. The van der Waals surface area contributed by atoms with E-state index in [1.165, 1.54) is 23.5 Å². The van der Waals surface area contributed by atoms with E-state index in [2.05, 4.69) is 4.98 Å². The molecule has 2 aromatic carbocycles. The molecule has 0 saturated carbocycles. The normalized spacial score (nSPS) is 17.9. The Morgan fingerprint density at radius 2 is 1.78 bits per heavy atom. The van der Waals surface area contributed by atoms with Crippen molar-refractivity contribution in [1.82, 2.24) is 4.98 Å². The van der Waals surface area contributed by atoms with Gasteiger partial charge in [-0.05, 0) is 24.3 Å². The van der Waals surface area contributed by atoms with Crippen molar-refractivity contribution in [3.8, 4) is 0 Å². The van der Waals surface area contributed by atoms with E-state index in [-0.39, 0.29) is 6.42 Å². The first-order valence-electron chi connectivity index (χ1n) is 7.90. The Labute approximate surface area is 160 Å². The number of para-hydroxylation sites is 2. The maximum atomic E-state index is 13.3. The minimum absolute atomic E-state index is 0.161. The van der Waals surface area contributed by atoms with Gasteiger partial charge in [-0.15, -0.1) is 11.3 Å². The van der Waals surface area contributed by atoms with Crippen LogP contribution >= 0.6 is 23.1 Å². The van der Waals surface area contributed by atoms with Crippen LogP contribution in [0.1, 0.15) is 12.0 Å². The Bertz CT molecular complexity index is 1020. The van der Waals surface area contributed by atoms with E-state index in [1.54, 1.807) is 0 Å². The Hall–Kier alpha value is -2.39. The summed E-state index contributed by atoms with van der Waals surface area (Å²) in [6.07, 6.45) is -4.82. The van der Waals surface area contributed by atoms with Gasteiger partial charge in [0, 0.05) is 6.42 Å². The fourth-order valence-corrected chi connectivity index (χ4v) is 5.21. The standard InChI is InChI=1S/C18H11F3N2O2S2/c19-18(20,21)10-5-1-3-7-12(10)23-15(24)9-14(16(23)25)27-17-22-11-6-2-4-8-13(11)26-17/h1-8,14H,9H2/t14-/m1/s1. The molecule has 2 heterocycles. The molecular formula is C18H11F3N2O2S2. The van der Waals surface area contributed by atoms with Crippen LogP contribution in [0.3, 0.4) is 0 Å². The second-order valence-corrected chi connectivity index (χ2v) is 8.32. The summed E-state index contributed by atoms with van der Waals surface area (Å²) in [5.41, 5.74) is -0.647. The fourth-order valence-electron chi connectivity index (χ4n) is 2.88. The zero-order chi connectivity index (χ0) is 19.2. The number of carbonyl (C=O) groups is 2. The average Bonchev–Trinajstić information content (AvgIpc) is 3.14. The Kier molecular flexibility index (Phi) is 4.43. The van der Waals surface area contributed by atoms with Gasteiger partial charge in [0.25, 0.3) is 0 Å². The fraction of sp³-hybridized carbons (Fsp3) is 0.167. The van der Waals surface area contributed by atoms with Gasteiger partial charge in [0.15, 0.2) is 4.34 Å². The molecule has 1 aromatic heterocycles. The molecule has 138 valence electrons. The van der Waals surface area contributed by atoms with Crippen molar-refractivity contribution in [2.75, 3.05) is 4.90 Å². The maximum absolute atomic E-state index is 13.3. The van der Waals surface area contributed by atoms with Crippen LogP contribution in [0, 0.1) is 0 Å². The van der Waals surface area contributed by atoms with E-state index in [0.717, 1.165) is 34.1 Å². The van der Waals surface area contributed by atoms with Crippen molar-refractivity contribution in [1.29, 1.82) is 0 Å². The van der Waals surface area contributed by atoms with Crippen molar-refractivity contribution in [2.45, 2.75) is 22.2 Å². The zero-order valence-corrected chi connectivity index (χ0v) is 15.2. The van der Waals surface area contributed by atoms with Gasteiger partial charge in [0.05, 0.1) is 21.5 Å². The van der Waals surface area contributed by atoms with E-state index in [4.69, 9.17) is 0 Å². The minimum Gasteiger partial charge on any atom is -0.274 e. The molecule has 0 unspecified atom stereocenters. The molecule has 4 rings (SSSR count). The molecule has 0 radical (unpaired) electrons. The van der Waals surface area contributed by atoms with Gasteiger partial charge in [0.1, 0.15) is 5.25 Å². The summed E-state index contributed by atoms with van der Waals surface area (Å²) in [4.78, 5) is 30.1. The van der Waals surface area contributed by atoms with Gasteiger partial charge in [0.2, 0.25) is 11.8 Å². The maximum Gasteiger partial charge on any atom is 0.418 e. The number of carbonyl (C=O) groups excluding carboxylic acids is 2. The van der Waals surface area contributed by atoms with Crippen molar-refractivity contribution in [3.05, 3.63) is 54.1 Å². The van der Waals surface area contributed by atoms with Gasteiger partial charge in [-0.1, -0.05) is 36.0 Å². The molecule has 1 atom stereocenters. The third-order valence-electron chi connectivity index (χ3n) is 4.07. The molecular weight excluding hydrogens is 397 g/mol. The number of halogens is 3. The van der Waals surface area contributed by atoms with E-state index in [1.807, 2.05) is 24.3 Å². The largest absolute Gasteiger partial charge is 0.418 e. The lowest BCUT2D eigenvalue weighted by molar-refractivity contribution is -0.137. The van der Waals surface area contributed by atoms with Gasteiger partial charge < -0.3 is 0 Å². The number of thioether (sulfide) groups is 1. The smallest absolute Gasteiger partial charge is 0.274 e. The second kappa shape index (κ2) is 6.65. The second-order valence-electron chi connectivity index (χ2n) is 5.84. The molecule has 2 amide bonds. The number of aromatic nitrogens is 1. The molecule has 9 heteroatoms. The van der Waals surface area contributed by atoms with E-state index >= 15 is 0 Å². The number of nitrogens with zero attached hydrogens (tertiary/aromatic N) is 2. The number of imide groups is 1. The Morgan fingerprint density at radius 1 is 1.07 bits per heavy atom. The van der Waals surface area contributed by atoms with Crippen LogP contribution in [0.2, 0.25) is 0 Å². The molecule has 27 heavy (non-hydrogen) atoms. The lowest BCUT2D eigenvalue weighted by Crippen LogP contribution is -2.33. The molecule has 0 spiro atoms. The van der Waals surface area contributed by atoms with Crippen molar-refractivity contribution in [3.63, 3.8) is 0 Å². The highest BCUT2D eigenvalue weighted by Gasteiger charge is 2.44. The highest BCUT2D eigenvalue weighted by Crippen LogP contribution is 2.41. The molecule has 1 saturated heterocycles. The summed E-state index contributed by atoms with van der Waals surface area (Å²) < 4.78 is 41.3. The average molecular weight is 408 g/mol. The molecule has 1 aliphatic rings. The van der Waals surface area contributed by atoms with Crippen LogP contribution in [-0.2, 0) is 15.8 Å². The lowest BCUT2D eigenvalue weighted by Gasteiger charge is -2.19. The van der Waals surface area contributed by atoms with Gasteiger partial charge in [-0.25, -0.2) is 9.88 Å². The summed E-state index contributed by atoms with van der Waals surface area (Å²) in [7, 11) is 0. The number of thiazole rings is 1. The first kappa shape index (κ1) is 18.0. The third-order valence-corrected chi connectivity index (χ3v) is 6.39. The first-order chi connectivity index (χ1) is 12.8. The quantitative estimate of drug-likeness (QED) is 0.588. The minimum atomic E-state index is -4.66. The number of hydrogen-bond donors (Lipinski definition) is 0. The predicted molar refractivity (Wildman–Crippen MR) is 97.8 cm³/mol. The number of benzene rings is 2. The van der Waals surface area contributed by atoms with Crippen LogP contribution in [0.25, 0.3) is 10.2 Å². The van der Waals surface area contributed by atoms with Crippen LogP contribution in [-0.4, -0.2) is 22.0 Å². The lowest BCUT2D eigenvalue weighted by atomic mass is 10.1. The molecule has 1 fully saturated rings. The molecule has 0 aliphatic carbocycles. The monoisotopic (exact) mass is 408 g/mol. The zero-order valence-electron chi connectivity index (χ0n) is 13.6. The molecule has 3 aromatic rings. The highest BCUT2D eigenvalue weighted by atomic mass is 32.2. The van der Waals surface area contributed by atoms with Gasteiger partial charge in [-0.2, -0.15) is 13.2 Å². The van der Waals surface area contributed by atoms with Crippen LogP contribution in [0.4, 0.5) is 18.9 Å². The number of fused-ring (bicyclic) bond motifs is 1. The highest BCUT2D eigenvalue weighted by molar-refractivity contribution is 8.02. The topological polar surface area (TPSA) is 50.3 Å². The summed E-state index contributed by atoms with van der Waals surface area (Å²) in [5, 5.41) is -0.792. The van der Waals surface area contributed by atoms with Crippen molar-refractivity contribution in [2.24, 2.45) is 0 Å². The summed E-state index contributed by atoms with van der Waals surface area (Å²) in [6.45, 7) is 0. The predicted octanol–water partition coefficient (Wildman–Crippen LogP) is 4.74. The number of rotatable bonds is 3. The number of amides is 2. The molecule has 0 N–H and O–H groups in total. The van der Waals surface area contributed by atoms with Crippen LogP contribution in [0.15, 0.2) is 52.9 Å². The SMILES string of the molecule is O=C1C[C@@H](Sc2nc3ccccc3s2)C(=O)N1c1ccccc1C(F)(F)F. The van der Waals surface area contributed by atoms with E-state index in [9.17, 15) is 22.8 Å². The number of anilines is 1. The number of hydrogen-bond acceptors (Lipinski definition) is 5. The number of alkyl halides is 3. The van der Waals surface area contributed by atoms with E-state index < -0.39 is 34.5 Å². The third kappa shape index (κ3) is 3.32. The van der Waals surface area contributed by atoms with Crippen LogP contribution < -0.4 is 4.90 Å². The Morgan fingerprint density at radius 3 is 2.52 bits per heavy atom. The van der Waals surface area contributed by atoms with Gasteiger partial charge >= 0.3 is 6.18 Å². The summed E-state index contributed by atoms with van der Waals surface area (Å²) in [5.74, 6) is -1.30. The van der Waals surface area contributed by atoms with E-state index in [0.29, 0.717) is 9.24 Å².